The number of nitrogens with zero attached hydrogens (tertiary/aromatic N) is 4. The van der Waals surface area contributed by atoms with Crippen molar-refractivity contribution in [1.82, 2.24) is 20.0 Å². The molecule has 5 nitrogen and oxygen atoms in total. The standard InChI is InChI=1S/C11H17N5S/c1-8(2)11-13-10(7-17-11)6-16-5-9(3-4-12)14-15-16/h5,7-8H,3-4,6,12H2,1-2H3. The van der Waals surface area contributed by atoms with Crippen LogP contribution in [0.25, 0.3) is 0 Å². The Bertz CT molecular complexity index is 474. The first-order valence-corrected chi connectivity index (χ1v) is 6.60. The molecular formula is C11H17N5S. The van der Waals surface area contributed by atoms with Gasteiger partial charge >= 0.3 is 0 Å². The predicted molar refractivity (Wildman–Crippen MR) is 68.1 cm³/mol. The Morgan fingerprint density at radius 2 is 2.24 bits per heavy atom. The highest BCUT2D eigenvalue weighted by atomic mass is 32.1. The lowest BCUT2D eigenvalue weighted by molar-refractivity contribution is 0.638. The second kappa shape index (κ2) is 5.37. The summed E-state index contributed by atoms with van der Waals surface area (Å²) in [4.78, 5) is 4.57. The third-order valence-corrected chi connectivity index (χ3v) is 3.57. The molecule has 0 saturated heterocycles. The first-order chi connectivity index (χ1) is 8.19. The highest BCUT2D eigenvalue weighted by Crippen LogP contribution is 2.19. The Morgan fingerprint density at radius 3 is 2.88 bits per heavy atom. The van der Waals surface area contributed by atoms with E-state index in [0.29, 0.717) is 19.0 Å². The van der Waals surface area contributed by atoms with E-state index in [9.17, 15) is 0 Å². The largest absolute Gasteiger partial charge is 0.330 e. The van der Waals surface area contributed by atoms with E-state index in [1.54, 1.807) is 11.3 Å². The maximum absolute atomic E-state index is 5.47. The van der Waals surface area contributed by atoms with Crippen LogP contribution >= 0.6 is 11.3 Å². The van der Waals surface area contributed by atoms with Crippen molar-refractivity contribution in [2.45, 2.75) is 32.7 Å². The van der Waals surface area contributed by atoms with Gasteiger partial charge in [0.2, 0.25) is 0 Å². The number of rotatable bonds is 5. The molecular weight excluding hydrogens is 234 g/mol. The fraction of sp³-hybridized carbons (Fsp3) is 0.545. The molecule has 0 spiro atoms. The van der Waals surface area contributed by atoms with Crippen LogP contribution in [0.5, 0.6) is 0 Å². The highest BCUT2D eigenvalue weighted by molar-refractivity contribution is 7.09. The molecule has 0 aliphatic rings. The second-order valence-corrected chi connectivity index (χ2v) is 5.17. The predicted octanol–water partition coefficient (Wildman–Crippen LogP) is 1.41. The van der Waals surface area contributed by atoms with E-state index in [4.69, 9.17) is 5.73 Å². The van der Waals surface area contributed by atoms with Crippen molar-refractivity contribution in [3.63, 3.8) is 0 Å². The first kappa shape index (κ1) is 12.2. The fourth-order valence-electron chi connectivity index (χ4n) is 1.50. The van der Waals surface area contributed by atoms with E-state index in [-0.39, 0.29) is 0 Å². The molecule has 0 aliphatic heterocycles. The average Bonchev–Trinajstić information content (AvgIpc) is 2.89. The van der Waals surface area contributed by atoms with Crippen LogP contribution in [0.15, 0.2) is 11.6 Å². The van der Waals surface area contributed by atoms with Crippen molar-refractivity contribution in [3.05, 3.63) is 28.0 Å². The van der Waals surface area contributed by atoms with Gasteiger partial charge in [-0.2, -0.15) is 0 Å². The van der Waals surface area contributed by atoms with Gasteiger partial charge < -0.3 is 5.73 Å². The third-order valence-electron chi connectivity index (χ3n) is 2.37. The molecule has 2 N–H and O–H groups in total. The van der Waals surface area contributed by atoms with Crippen molar-refractivity contribution in [1.29, 1.82) is 0 Å². The molecule has 0 bridgehead atoms. The monoisotopic (exact) mass is 251 g/mol. The Balaban J connectivity index is 2.03. The van der Waals surface area contributed by atoms with E-state index in [2.05, 4.69) is 34.5 Å². The van der Waals surface area contributed by atoms with Crippen LogP contribution in [-0.4, -0.2) is 26.5 Å². The van der Waals surface area contributed by atoms with Gasteiger partial charge in [-0.15, -0.1) is 16.4 Å². The van der Waals surface area contributed by atoms with E-state index < -0.39 is 0 Å². The van der Waals surface area contributed by atoms with Gasteiger partial charge in [0.1, 0.15) is 0 Å². The lowest BCUT2D eigenvalue weighted by Gasteiger charge is -1.97. The molecule has 0 aromatic carbocycles. The van der Waals surface area contributed by atoms with E-state index in [0.717, 1.165) is 17.8 Å². The number of thiazole rings is 1. The summed E-state index contributed by atoms with van der Waals surface area (Å²) in [6.45, 7) is 5.59. The SMILES string of the molecule is CC(C)c1nc(Cn2cc(CCN)nn2)cs1. The molecule has 0 atom stereocenters. The number of nitrogens with two attached hydrogens (primary N) is 1. The first-order valence-electron chi connectivity index (χ1n) is 5.72. The van der Waals surface area contributed by atoms with Gasteiger partial charge in [0.05, 0.1) is 22.9 Å². The van der Waals surface area contributed by atoms with Gasteiger partial charge in [-0.1, -0.05) is 19.1 Å². The van der Waals surface area contributed by atoms with Crippen LogP contribution in [0.2, 0.25) is 0 Å². The Morgan fingerprint density at radius 1 is 1.41 bits per heavy atom. The average molecular weight is 251 g/mol. The minimum absolute atomic E-state index is 0.484. The van der Waals surface area contributed by atoms with Crippen LogP contribution in [0, 0.1) is 0 Å². The molecule has 0 amide bonds. The Hall–Kier alpha value is -1.27. The molecule has 0 saturated carbocycles. The molecule has 0 unspecified atom stereocenters. The Labute approximate surface area is 105 Å². The molecule has 0 aliphatic carbocycles. The zero-order valence-corrected chi connectivity index (χ0v) is 10.9. The van der Waals surface area contributed by atoms with E-state index in [1.807, 2.05) is 10.9 Å². The third kappa shape index (κ3) is 3.10. The topological polar surface area (TPSA) is 69.6 Å². The molecule has 17 heavy (non-hydrogen) atoms. The van der Waals surface area contributed by atoms with Crippen LogP contribution < -0.4 is 5.73 Å². The minimum Gasteiger partial charge on any atom is -0.330 e. The summed E-state index contributed by atoms with van der Waals surface area (Å²) in [6.07, 6.45) is 2.70. The summed E-state index contributed by atoms with van der Waals surface area (Å²) in [5.41, 5.74) is 7.45. The maximum atomic E-state index is 5.47. The maximum Gasteiger partial charge on any atom is 0.0954 e. The van der Waals surface area contributed by atoms with Gasteiger partial charge in [0.25, 0.3) is 0 Å². The lowest BCUT2D eigenvalue weighted by Crippen LogP contribution is -2.03. The van der Waals surface area contributed by atoms with Gasteiger partial charge in [0.15, 0.2) is 0 Å². The van der Waals surface area contributed by atoms with Crippen molar-refractivity contribution in [2.24, 2.45) is 5.73 Å². The quantitative estimate of drug-likeness (QED) is 0.872. The van der Waals surface area contributed by atoms with Crippen molar-refractivity contribution >= 4 is 11.3 Å². The van der Waals surface area contributed by atoms with Crippen molar-refractivity contribution in [2.75, 3.05) is 6.54 Å². The summed E-state index contributed by atoms with van der Waals surface area (Å²) < 4.78 is 1.81. The van der Waals surface area contributed by atoms with Gasteiger partial charge in [-0.3, -0.25) is 0 Å². The van der Waals surface area contributed by atoms with Crippen LogP contribution in [-0.2, 0) is 13.0 Å². The summed E-state index contributed by atoms with van der Waals surface area (Å²) >= 11 is 1.70. The fourth-order valence-corrected chi connectivity index (χ4v) is 2.33. The minimum atomic E-state index is 0.484. The Kier molecular flexibility index (Phi) is 3.86. The smallest absolute Gasteiger partial charge is 0.0954 e. The zero-order valence-electron chi connectivity index (χ0n) is 10.1. The van der Waals surface area contributed by atoms with Crippen LogP contribution in [0.1, 0.15) is 36.2 Å². The van der Waals surface area contributed by atoms with Crippen LogP contribution in [0.4, 0.5) is 0 Å². The van der Waals surface area contributed by atoms with Gasteiger partial charge in [0, 0.05) is 23.9 Å². The number of aromatic nitrogens is 4. The molecule has 6 heteroatoms. The molecule has 0 radical (unpaired) electrons. The van der Waals surface area contributed by atoms with Crippen molar-refractivity contribution < 1.29 is 0 Å². The number of hydrogen-bond acceptors (Lipinski definition) is 5. The molecule has 2 aromatic heterocycles. The lowest BCUT2D eigenvalue weighted by atomic mass is 10.2. The molecule has 2 rings (SSSR count). The highest BCUT2D eigenvalue weighted by Gasteiger charge is 2.07. The normalized spacial score (nSPS) is 11.3. The van der Waals surface area contributed by atoms with Crippen molar-refractivity contribution in [3.8, 4) is 0 Å². The van der Waals surface area contributed by atoms with E-state index in [1.165, 1.54) is 5.01 Å². The zero-order chi connectivity index (χ0) is 12.3. The summed E-state index contributed by atoms with van der Waals surface area (Å²) in [6, 6.07) is 0. The molecule has 2 aromatic rings. The second-order valence-electron chi connectivity index (χ2n) is 4.28. The van der Waals surface area contributed by atoms with Gasteiger partial charge in [-0.05, 0) is 6.54 Å². The summed E-state index contributed by atoms with van der Waals surface area (Å²) in [5, 5.41) is 11.4. The van der Waals surface area contributed by atoms with E-state index >= 15 is 0 Å². The number of hydrogen-bond donors (Lipinski definition) is 1. The molecule has 0 fully saturated rings. The van der Waals surface area contributed by atoms with Gasteiger partial charge in [-0.25, -0.2) is 9.67 Å². The molecule has 2 heterocycles. The van der Waals surface area contributed by atoms with Crippen LogP contribution in [0.3, 0.4) is 0 Å². The summed E-state index contributed by atoms with van der Waals surface area (Å²) in [5.74, 6) is 0.484. The summed E-state index contributed by atoms with van der Waals surface area (Å²) in [7, 11) is 0. The molecule has 92 valence electrons.